The van der Waals surface area contributed by atoms with E-state index < -0.39 is 28.4 Å². The zero-order valence-electron chi connectivity index (χ0n) is 21.9. The molecule has 0 aliphatic carbocycles. The van der Waals surface area contributed by atoms with E-state index in [9.17, 15) is 18.0 Å². The minimum absolute atomic E-state index is 0.000786. The van der Waals surface area contributed by atoms with Crippen LogP contribution in [-0.4, -0.2) is 66.1 Å². The van der Waals surface area contributed by atoms with Gasteiger partial charge in [0.25, 0.3) is 0 Å². The second kappa shape index (κ2) is 13.3. The quantitative estimate of drug-likeness (QED) is 0.321. The molecule has 0 unspecified atom stereocenters. The summed E-state index contributed by atoms with van der Waals surface area (Å²) >= 11 is 6.19. The van der Waals surface area contributed by atoms with Crippen LogP contribution < -0.4 is 19.5 Å². The average Bonchev–Trinajstić information content (AvgIpc) is 2.94. The number of carbonyl (C=O) groups is 2. The smallest absolute Gasteiger partial charge is 0.340 e. The largest absolute Gasteiger partial charge is 0.495 e. The number of anilines is 1. The minimum atomic E-state index is -4.16. The average molecular weight is 577 g/mol. The Kier molecular flexibility index (Phi) is 10.2. The van der Waals surface area contributed by atoms with Crippen molar-refractivity contribution >= 4 is 39.2 Å². The van der Waals surface area contributed by atoms with Gasteiger partial charge in [0.15, 0.2) is 11.5 Å². The van der Waals surface area contributed by atoms with E-state index in [1.807, 2.05) is 30.3 Å². The van der Waals surface area contributed by atoms with Gasteiger partial charge in [-0.15, -0.1) is 0 Å². The fraction of sp³-hybridized carbons (Fsp3) is 0.259. The normalized spacial score (nSPS) is 11.1. The van der Waals surface area contributed by atoms with Crippen molar-refractivity contribution in [3.8, 4) is 17.2 Å². The van der Waals surface area contributed by atoms with Gasteiger partial charge in [0, 0.05) is 18.7 Å². The van der Waals surface area contributed by atoms with Crippen LogP contribution in [0, 0.1) is 0 Å². The molecule has 1 N–H and O–H groups in total. The first kappa shape index (κ1) is 29.8. The summed E-state index contributed by atoms with van der Waals surface area (Å²) < 4.78 is 48.8. The molecule has 0 saturated heterocycles. The first-order valence-corrected chi connectivity index (χ1v) is 13.5. The summed E-state index contributed by atoms with van der Waals surface area (Å²) in [6, 6.07) is 16.1. The third-order valence-corrected chi connectivity index (χ3v) is 7.91. The minimum Gasteiger partial charge on any atom is -0.495 e. The molecule has 0 radical (unpaired) electrons. The SMILES string of the molecule is COC(=O)c1cc(OC)c(OC)cc1NC(=O)CN(CCc1ccccc1)S(=O)(=O)c1ccc(OC)c(Cl)c1. The number of benzene rings is 3. The Labute approximate surface area is 232 Å². The van der Waals surface area contributed by atoms with E-state index in [2.05, 4.69) is 5.32 Å². The van der Waals surface area contributed by atoms with Crippen molar-refractivity contribution in [1.82, 2.24) is 4.31 Å². The molecular weight excluding hydrogens is 548 g/mol. The number of rotatable bonds is 12. The van der Waals surface area contributed by atoms with E-state index in [0.29, 0.717) is 12.2 Å². The molecule has 208 valence electrons. The zero-order valence-corrected chi connectivity index (χ0v) is 23.5. The molecule has 0 spiro atoms. The van der Waals surface area contributed by atoms with Crippen LogP contribution in [-0.2, 0) is 26.0 Å². The molecule has 0 fully saturated rings. The molecule has 0 aliphatic heterocycles. The van der Waals surface area contributed by atoms with Gasteiger partial charge in [-0.1, -0.05) is 41.9 Å². The van der Waals surface area contributed by atoms with Crippen LogP contribution in [0.15, 0.2) is 65.6 Å². The number of esters is 1. The first-order valence-electron chi connectivity index (χ1n) is 11.7. The van der Waals surface area contributed by atoms with Gasteiger partial charge < -0.3 is 24.3 Å². The maximum absolute atomic E-state index is 13.6. The molecule has 3 aromatic rings. The second-order valence-corrected chi connectivity index (χ2v) is 10.5. The van der Waals surface area contributed by atoms with Crippen LogP contribution >= 0.6 is 11.6 Å². The Morgan fingerprint density at radius 1 is 0.872 bits per heavy atom. The standard InChI is InChI=1S/C27H29ClN2O8S/c1-35-23-11-10-19(14-21(23)28)39(33,34)30(13-12-18-8-6-5-7-9-18)17-26(31)29-22-16-25(37-3)24(36-2)15-20(22)27(32)38-4/h5-11,14-16H,12-13,17H2,1-4H3,(H,29,31). The molecule has 3 aromatic carbocycles. The molecule has 10 nitrogen and oxygen atoms in total. The zero-order chi connectivity index (χ0) is 28.6. The molecule has 12 heteroatoms. The molecular formula is C27H29ClN2O8S. The second-order valence-electron chi connectivity index (χ2n) is 8.16. The molecule has 0 saturated carbocycles. The fourth-order valence-corrected chi connectivity index (χ4v) is 5.50. The van der Waals surface area contributed by atoms with Gasteiger partial charge in [0.05, 0.1) is 56.2 Å². The summed E-state index contributed by atoms with van der Waals surface area (Å²) in [6.07, 6.45) is 0.348. The lowest BCUT2D eigenvalue weighted by atomic mass is 10.1. The van der Waals surface area contributed by atoms with E-state index in [1.54, 1.807) is 0 Å². The number of hydrogen-bond acceptors (Lipinski definition) is 8. The maximum Gasteiger partial charge on any atom is 0.340 e. The van der Waals surface area contributed by atoms with Gasteiger partial charge in [-0.05, 0) is 30.2 Å². The van der Waals surface area contributed by atoms with Gasteiger partial charge in [-0.3, -0.25) is 4.79 Å². The highest BCUT2D eigenvalue weighted by Gasteiger charge is 2.28. The molecule has 0 heterocycles. The Bertz CT molecular complexity index is 1430. The van der Waals surface area contributed by atoms with Crippen LogP contribution in [0.1, 0.15) is 15.9 Å². The molecule has 0 aliphatic rings. The van der Waals surface area contributed by atoms with Gasteiger partial charge >= 0.3 is 5.97 Å². The van der Waals surface area contributed by atoms with Gasteiger partial charge in [-0.25, -0.2) is 13.2 Å². The van der Waals surface area contributed by atoms with Crippen LogP contribution in [0.3, 0.4) is 0 Å². The van der Waals surface area contributed by atoms with Gasteiger partial charge in [0.1, 0.15) is 5.75 Å². The third-order valence-electron chi connectivity index (χ3n) is 5.78. The van der Waals surface area contributed by atoms with Crippen LogP contribution in [0.4, 0.5) is 5.69 Å². The number of halogens is 1. The Morgan fingerprint density at radius 3 is 2.10 bits per heavy atom. The van der Waals surface area contributed by atoms with Gasteiger partial charge in [0.2, 0.25) is 15.9 Å². The summed E-state index contributed by atoms with van der Waals surface area (Å²) in [6.45, 7) is -0.549. The number of nitrogens with one attached hydrogen (secondary N) is 1. The van der Waals surface area contributed by atoms with Crippen LogP contribution in [0.5, 0.6) is 17.2 Å². The Morgan fingerprint density at radius 2 is 1.51 bits per heavy atom. The fourth-order valence-electron chi connectivity index (χ4n) is 3.75. The molecule has 0 aromatic heterocycles. The Hall–Kier alpha value is -3.80. The van der Waals surface area contributed by atoms with Crippen molar-refractivity contribution in [3.63, 3.8) is 0 Å². The maximum atomic E-state index is 13.6. The summed E-state index contributed by atoms with van der Waals surface area (Å²) in [5.74, 6) is -0.606. The number of methoxy groups -OCH3 is 4. The number of hydrogen-bond donors (Lipinski definition) is 1. The topological polar surface area (TPSA) is 120 Å². The highest BCUT2D eigenvalue weighted by molar-refractivity contribution is 7.89. The van der Waals surface area contributed by atoms with E-state index in [1.165, 1.54) is 58.8 Å². The van der Waals surface area contributed by atoms with E-state index in [0.717, 1.165) is 9.87 Å². The number of ether oxygens (including phenoxy) is 4. The summed E-state index contributed by atoms with van der Waals surface area (Å²) in [5.41, 5.74) is 0.959. The van der Waals surface area contributed by atoms with Crippen molar-refractivity contribution in [2.45, 2.75) is 11.3 Å². The predicted octanol–water partition coefficient (Wildman–Crippen LogP) is 4.02. The van der Waals surface area contributed by atoms with E-state index in [4.69, 9.17) is 30.5 Å². The summed E-state index contributed by atoms with van der Waals surface area (Å²) in [7, 11) is 1.25. The highest BCUT2D eigenvalue weighted by atomic mass is 35.5. The number of carbonyl (C=O) groups excluding carboxylic acids is 2. The van der Waals surface area contributed by atoms with Crippen molar-refractivity contribution in [1.29, 1.82) is 0 Å². The molecule has 39 heavy (non-hydrogen) atoms. The predicted molar refractivity (Wildman–Crippen MR) is 146 cm³/mol. The number of nitrogens with zero attached hydrogens (tertiary/aromatic N) is 1. The van der Waals surface area contributed by atoms with E-state index in [-0.39, 0.29) is 39.2 Å². The van der Waals surface area contributed by atoms with Crippen molar-refractivity contribution in [3.05, 3.63) is 76.8 Å². The van der Waals surface area contributed by atoms with Crippen molar-refractivity contribution in [2.75, 3.05) is 46.8 Å². The molecule has 1 amide bonds. The number of amides is 1. The lowest BCUT2D eigenvalue weighted by Gasteiger charge is -2.23. The van der Waals surface area contributed by atoms with E-state index >= 15 is 0 Å². The van der Waals surface area contributed by atoms with Crippen molar-refractivity contribution < 1.29 is 37.0 Å². The molecule has 0 bridgehead atoms. The highest BCUT2D eigenvalue weighted by Crippen LogP contribution is 2.34. The lowest BCUT2D eigenvalue weighted by Crippen LogP contribution is -2.39. The monoisotopic (exact) mass is 576 g/mol. The van der Waals surface area contributed by atoms with Crippen LogP contribution in [0.25, 0.3) is 0 Å². The van der Waals surface area contributed by atoms with Crippen LogP contribution in [0.2, 0.25) is 5.02 Å². The van der Waals surface area contributed by atoms with Gasteiger partial charge in [-0.2, -0.15) is 4.31 Å². The lowest BCUT2D eigenvalue weighted by molar-refractivity contribution is -0.116. The summed E-state index contributed by atoms with van der Waals surface area (Å²) in [5, 5.41) is 2.72. The number of sulfonamides is 1. The molecule has 0 atom stereocenters. The third kappa shape index (κ3) is 7.20. The molecule has 3 rings (SSSR count). The summed E-state index contributed by atoms with van der Waals surface area (Å²) in [4.78, 5) is 25.5. The van der Waals surface area contributed by atoms with Crippen molar-refractivity contribution in [2.24, 2.45) is 0 Å². The first-order chi connectivity index (χ1) is 18.6. The Balaban J connectivity index is 1.94.